The number of rotatable bonds is 1. The van der Waals surface area contributed by atoms with Gasteiger partial charge in [0.2, 0.25) is 5.82 Å². The van der Waals surface area contributed by atoms with Crippen LogP contribution in [0.5, 0.6) is 0 Å². The first-order chi connectivity index (χ1) is 9.27. The monoisotopic (exact) mass is 330 g/mol. The smallest absolute Gasteiger partial charge is 0.203 e. The van der Waals surface area contributed by atoms with Crippen LogP contribution in [0.4, 0.5) is 48.3 Å². The van der Waals surface area contributed by atoms with Crippen molar-refractivity contribution in [2.75, 3.05) is 0 Å². The molecular weight excluding hydrogens is 329 g/mol. The van der Waals surface area contributed by atoms with E-state index in [0.717, 1.165) is 0 Å². The molecule has 0 saturated heterocycles. The Morgan fingerprint density at radius 2 is 0.952 bits per heavy atom. The van der Waals surface area contributed by atoms with Gasteiger partial charge in [-0.2, -0.15) is 26.3 Å². The topological polar surface area (TPSA) is 0 Å². The molecule has 0 aromatic heterocycles. The van der Waals surface area contributed by atoms with Gasteiger partial charge in [0, 0.05) is 6.08 Å². The Balaban J connectivity index is 3.82. The predicted molar refractivity (Wildman–Crippen MR) is 46.3 cm³/mol. The number of allylic oxidation sites excluding steroid dienone is 2. The van der Waals surface area contributed by atoms with Gasteiger partial charge < -0.3 is 0 Å². The third-order valence-electron chi connectivity index (χ3n) is 2.09. The van der Waals surface area contributed by atoms with Crippen LogP contribution < -0.4 is 0 Å². The van der Waals surface area contributed by atoms with E-state index in [-0.39, 0.29) is 0 Å². The third kappa shape index (κ3) is 3.45. The molecule has 21 heavy (non-hydrogen) atoms. The van der Waals surface area contributed by atoms with Crippen molar-refractivity contribution in [3.63, 3.8) is 0 Å². The second kappa shape index (κ2) is 5.19. The van der Waals surface area contributed by atoms with Crippen molar-refractivity contribution >= 4 is 5.57 Å². The summed E-state index contributed by atoms with van der Waals surface area (Å²) in [5, 5.41) is 0. The zero-order valence-electron chi connectivity index (χ0n) is 9.23. The predicted octanol–water partition coefficient (Wildman–Crippen LogP) is 4.89. The number of alkyl halides is 6. The van der Waals surface area contributed by atoms with Crippen LogP contribution in [0, 0.1) is 29.1 Å². The summed E-state index contributed by atoms with van der Waals surface area (Å²) < 4.78 is 138. The van der Waals surface area contributed by atoms with Gasteiger partial charge in [0.05, 0.1) is 11.1 Å². The summed E-state index contributed by atoms with van der Waals surface area (Å²) in [6.45, 7) is 0. The van der Waals surface area contributed by atoms with Gasteiger partial charge in [0.1, 0.15) is 0 Å². The van der Waals surface area contributed by atoms with Crippen LogP contribution >= 0.6 is 0 Å². The molecule has 0 amide bonds. The minimum Gasteiger partial charge on any atom is -0.203 e. The van der Waals surface area contributed by atoms with Crippen LogP contribution in [0.15, 0.2) is 6.08 Å². The van der Waals surface area contributed by atoms with E-state index in [4.69, 9.17) is 0 Å². The molecule has 0 aliphatic rings. The van der Waals surface area contributed by atoms with E-state index in [1.165, 1.54) is 0 Å². The fourth-order valence-corrected chi connectivity index (χ4v) is 1.30. The second-order valence-corrected chi connectivity index (χ2v) is 3.54. The molecule has 0 aliphatic heterocycles. The molecule has 118 valence electrons. The minimum absolute atomic E-state index is 1.59. The summed E-state index contributed by atoms with van der Waals surface area (Å²) >= 11 is 0. The Bertz CT molecular complexity index is 561. The highest BCUT2D eigenvalue weighted by atomic mass is 19.4. The van der Waals surface area contributed by atoms with E-state index in [1.807, 2.05) is 0 Å². The summed E-state index contributed by atoms with van der Waals surface area (Å²) in [5.74, 6) is -14.4. The Hall–Kier alpha value is -1.81. The first-order valence-electron chi connectivity index (χ1n) is 4.66. The van der Waals surface area contributed by atoms with Crippen molar-refractivity contribution < 1.29 is 48.3 Å². The maximum absolute atomic E-state index is 13.1. The summed E-state index contributed by atoms with van der Waals surface area (Å²) in [7, 11) is 0. The van der Waals surface area contributed by atoms with E-state index in [2.05, 4.69) is 0 Å². The lowest BCUT2D eigenvalue weighted by atomic mass is 10.0. The molecule has 0 aliphatic carbocycles. The summed E-state index contributed by atoms with van der Waals surface area (Å²) in [6.07, 6.45) is -13.3. The van der Waals surface area contributed by atoms with Crippen LogP contribution in [0.1, 0.15) is 5.56 Å². The standard InChI is InChI=1S/C10HF11/c11-4-3(5(12)7(14)8(15)6(4)13)2(10(19,20)21)1-9(16,17)18/h1H/b2-1-. The zero-order chi connectivity index (χ0) is 16.7. The molecule has 0 fully saturated rings. The Kier molecular flexibility index (Phi) is 4.26. The van der Waals surface area contributed by atoms with Gasteiger partial charge >= 0.3 is 12.4 Å². The maximum Gasteiger partial charge on any atom is 0.417 e. The summed E-state index contributed by atoms with van der Waals surface area (Å²) in [6, 6.07) is 0. The fourth-order valence-electron chi connectivity index (χ4n) is 1.30. The first kappa shape index (κ1) is 17.2. The quantitative estimate of drug-likeness (QED) is 0.391. The average molecular weight is 330 g/mol. The maximum atomic E-state index is 13.1. The highest BCUT2D eigenvalue weighted by Gasteiger charge is 2.44. The highest BCUT2D eigenvalue weighted by molar-refractivity contribution is 5.71. The van der Waals surface area contributed by atoms with E-state index in [1.54, 1.807) is 0 Å². The molecule has 1 aromatic rings. The van der Waals surface area contributed by atoms with Gasteiger partial charge in [-0.05, 0) is 0 Å². The van der Waals surface area contributed by atoms with Crippen LogP contribution in [-0.4, -0.2) is 12.4 Å². The van der Waals surface area contributed by atoms with E-state index < -0.39 is 58.7 Å². The van der Waals surface area contributed by atoms with Gasteiger partial charge in [-0.15, -0.1) is 0 Å². The molecule has 1 rings (SSSR count). The van der Waals surface area contributed by atoms with Gasteiger partial charge in [-0.3, -0.25) is 0 Å². The average Bonchev–Trinajstić information content (AvgIpc) is 2.30. The van der Waals surface area contributed by atoms with Crippen molar-refractivity contribution in [3.8, 4) is 0 Å². The van der Waals surface area contributed by atoms with Gasteiger partial charge in [-0.25, -0.2) is 22.0 Å². The molecule has 0 bridgehead atoms. The highest BCUT2D eigenvalue weighted by Crippen LogP contribution is 2.40. The Morgan fingerprint density at radius 3 is 1.24 bits per heavy atom. The van der Waals surface area contributed by atoms with Crippen molar-refractivity contribution in [2.24, 2.45) is 0 Å². The molecule has 0 spiro atoms. The van der Waals surface area contributed by atoms with Crippen molar-refractivity contribution in [1.82, 2.24) is 0 Å². The van der Waals surface area contributed by atoms with Crippen molar-refractivity contribution in [3.05, 3.63) is 40.7 Å². The van der Waals surface area contributed by atoms with E-state index in [0.29, 0.717) is 0 Å². The lowest BCUT2D eigenvalue weighted by molar-refractivity contribution is -0.0913. The zero-order valence-corrected chi connectivity index (χ0v) is 9.23. The lowest BCUT2D eigenvalue weighted by Crippen LogP contribution is -2.19. The van der Waals surface area contributed by atoms with Gasteiger partial charge in [0.25, 0.3) is 0 Å². The molecule has 0 atom stereocenters. The minimum atomic E-state index is -6.01. The molecular formula is C10HF11. The van der Waals surface area contributed by atoms with E-state index in [9.17, 15) is 48.3 Å². The fraction of sp³-hybridized carbons (Fsp3) is 0.200. The first-order valence-corrected chi connectivity index (χ1v) is 4.66. The summed E-state index contributed by atoms with van der Waals surface area (Å²) in [4.78, 5) is 0. The normalized spacial score (nSPS) is 13.8. The molecule has 0 radical (unpaired) electrons. The van der Waals surface area contributed by atoms with Gasteiger partial charge in [0.15, 0.2) is 23.3 Å². The van der Waals surface area contributed by atoms with Crippen LogP contribution in [-0.2, 0) is 0 Å². The Morgan fingerprint density at radius 1 is 0.619 bits per heavy atom. The Labute approximate surface area is 108 Å². The van der Waals surface area contributed by atoms with Crippen LogP contribution in [0.25, 0.3) is 5.57 Å². The second-order valence-electron chi connectivity index (χ2n) is 3.54. The number of hydrogen-bond donors (Lipinski definition) is 0. The molecule has 0 nitrogen and oxygen atoms in total. The summed E-state index contributed by atoms with van der Waals surface area (Å²) in [5.41, 5.74) is -5.74. The van der Waals surface area contributed by atoms with Crippen molar-refractivity contribution in [1.29, 1.82) is 0 Å². The van der Waals surface area contributed by atoms with E-state index >= 15 is 0 Å². The van der Waals surface area contributed by atoms with Crippen molar-refractivity contribution in [2.45, 2.75) is 12.4 Å². The molecule has 0 unspecified atom stereocenters. The molecule has 1 aromatic carbocycles. The molecule has 11 heteroatoms. The number of benzene rings is 1. The lowest BCUT2D eigenvalue weighted by Gasteiger charge is -2.15. The van der Waals surface area contributed by atoms with Crippen LogP contribution in [0.3, 0.4) is 0 Å². The number of hydrogen-bond acceptors (Lipinski definition) is 0. The molecule has 0 saturated carbocycles. The largest absolute Gasteiger partial charge is 0.417 e. The third-order valence-corrected chi connectivity index (χ3v) is 2.09. The van der Waals surface area contributed by atoms with Gasteiger partial charge in [-0.1, -0.05) is 0 Å². The number of halogens is 11. The molecule has 0 heterocycles. The van der Waals surface area contributed by atoms with Crippen LogP contribution in [0.2, 0.25) is 0 Å². The SMILES string of the molecule is Fc1c(F)c(F)c(/C(=C/C(F)(F)F)C(F)(F)F)c(F)c1F. The molecule has 0 N–H and O–H groups in total.